The van der Waals surface area contributed by atoms with E-state index in [9.17, 15) is 4.57 Å². The molecule has 0 spiro atoms. The van der Waals surface area contributed by atoms with E-state index in [0.29, 0.717) is 38.9 Å². The molecular weight excluding hydrogens is 455 g/mol. The first kappa shape index (κ1) is 21.6. The SMILES string of the molecule is CC1(C)Oc2c(Oc3ccccc3)cc(P(=O)(c3ccccc3)c3ccccc3)c(Cl)c2O1. The second kappa shape index (κ2) is 8.30. The zero-order valence-corrected chi connectivity index (χ0v) is 19.8. The van der Waals surface area contributed by atoms with E-state index in [1.54, 1.807) is 19.9 Å². The summed E-state index contributed by atoms with van der Waals surface area (Å²) in [5.74, 6) is 0.800. The van der Waals surface area contributed by atoms with Gasteiger partial charge in [-0.25, -0.2) is 0 Å². The van der Waals surface area contributed by atoms with Crippen molar-refractivity contribution >= 4 is 34.7 Å². The normalized spacial score (nSPS) is 14.2. The standard InChI is InChI=1S/C27H22ClO4P/c1-27(2)31-25-22(30-19-12-6-3-7-13-19)18-23(24(28)26(25)32-27)33(29,20-14-8-4-9-15-20)21-16-10-5-11-17-21/h3-18H,1-2H3. The third-order valence-electron chi connectivity index (χ3n) is 5.37. The molecule has 4 aromatic carbocycles. The van der Waals surface area contributed by atoms with Crippen LogP contribution in [0.3, 0.4) is 0 Å². The van der Waals surface area contributed by atoms with Crippen molar-refractivity contribution in [3.63, 3.8) is 0 Å². The van der Waals surface area contributed by atoms with E-state index in [1.807, 2.05) is 91.0 Å². The first-order valence-electron chi connectivity index (χ1n) is 10.6. The monoisotopic (exact) mass is 476 g/mol. The summed E-state index contributed by atoms with van der Waals surface area (Å²) in [4.78, 5) is 0. The smallest absolute Gasteiger partial charge is 0.246 e. The zero-order chi connectivity index (χ0) is 23.1. The van der Waals surface area contributed by atoms with E-state index in [1.165, 1.54) is 0 Å². The van der Waals surface area contributed by atoms with E-state index in [-0.39, 0.29) is 5.02 Å². The Morgan fingerprint density at radius 1 is 0.758 bits per heavy atom. The van der Waals surface area contributed by atoms with Gasteiger partial charge in [0.05, 0.1) is 5.02 Å². The highest BCUT2D eigenvalue weighted by atomic mass is 35.5. The quantitative estimate of drug-likeness (QED) is 0.318. The molecule has 0 fully saturated rings. The largest absolute Gasteiger partial charge is 0.453 e. The Bertz CT molecular complexity index is 1300. The summed E-state index contributed by atoms with van der Waals surface area (Å²) in [5.41, 5.74) is 0. The van der Waals surface area contributed by atoms with Gasteiger partial charge in [0.1, 0.15) is 5.75 Å². The zero-order valence-electron chi connectivity index (χ0n) is 18.2. The molecule has 0 atom stereocenters. The van der Waals surface area contributed by atoms with Crippen molar-refractivity contribution < 1.29 is 18.8 Å². The molecule has 1 heterocycles. The highest BCUT2D eigenvalue weighted by Crippen LogP contribution is 2.55. The molecule has 33 heavy (non-hydrogen) atoms. The van der Waals surface area contributed by atoms with E-state index < -0.39 is 12.9 Å². The number of hydrogen-bond donors (Lipinski definition) is 0. The van der Waals surface area contributed by atoms with Crippen LogP contribution in [0.25, 0.3) is 0 Å². The molecule has 0 amide bonds. The second-order valence-corrected chi connectivity index (χ2v) is 11.3. The van der Waals surface area contributed by atoms with Crippen LogP contribution in [0.15, 0.2) is 97.1 Å². The molecule has 0 saturated heterocycles. The lowest BCUT2D eigenvalue weighted by Crippen LogP contribution is -2.30. The maximum atomic E-state index is 15.0. The first-order valence-corrected chi connectivity index (χ1v) is 12.7. The minimum absolute atomic E-state index is 0.257. The van der Waals surface area contributed by atoms with Crippen LogP contribution in [0.4, 0.5) is 0 Å². The fraction of sp³-hybridized carbons (Fsp3) is 0.111. The second-order valence-electron chi connectivity index (χ2n) is 8.17. The molecule has 6 heteroatoms. The van der Waals surface area contributed by atoms with Crippen molar-refractivity contribution in [1.82, 2.24) is 0 Å². The van der Waals surface area contributed by atoms with Crippen molar-refractivity contribution in [1.29, 1.82) is 0 Å². The van der Waals surface area contributed by atoms with Crippen molar-refractivity contribution in [2.24, 2.45) is 0 Å². The lowest BCUT2D eigenvalue weighted by molar-refractivity contribution is -0.0437. The van der Waals surface area contributed by atoms with Crippen molar-refractivity contribution in [3.05, 3.63) is 102 Å². The molecule has 0 aromatic heterocycles. The molecule has 0 aliphatic carbocycles. The molecule has 1 aliphatic rings. The van der Waals surface area contributed by atoms with Gasteiger partial charge in [-0.1, -0.05) is 90.5 Å². The number of halogens is 1. The summed E-state index contributed by atoms with van der Waals surface area (Å²) in [6.45, 7) is 3.59. The van der Waals surface area contributed by atoms with Crippen molar-refractivity contribution in [3.8, 4) is 23.0 Å². The summed E-state index contributed by atoms with van der Waals surface area (Å²) in [5, 5.41) is 2.03. The summed E-state index contributed by atoms with van der Waals surface area (Å²) in [7, 11) is -3.37. The predicted octanol–water partition coefficient (Wildman–Crippen LogP) is 6.28. The maximum Gasteiger partial charge on any atom is 0.246 e. The number of fused-ring (bicyclic) bond motifs is 1. The van der Waals surface area contributed by atoms with Gasteiger partial charge in [0.15, 0.2) is 18.6 Å². The number of rotatable bonds is 5. The van der Waals surface area contributed by atoms with E-state index >= 15 is 0 Å². The van der Waals surface area contributed by atoms with Crippen LogP contribution >= 0.6 is 18.7 Å². The van der Waals surface area contributed by atoms with Gasteiger partial charge < -0.3 is 18.8 Å². The van der Waals surface area contributed by atoms with Gasteiger partial charge in [0.25, 0.3) is 0 Å². The Balaban J connectivity index is 1.78. The molecule has 0 radical (unpaired) electrons. The number of para-hydroxylation sites is 1. The van der Waals surface area contributed by atoms with Gasteiger partial charge >= 0.3 is 0 Å². The van der Waals surface area contributed by atoms with Gasteiger partial charge in [-0.2, -0.15) is 0 Å². The first-order chi connectivity index (χ1) is 15.9. The molecule has 4 aromatic rings. The Hall–Kier alpha value is -3.20. The topological polar surface area (TPSA) is 44.8 Å². The number of benzene rings is 4. The molecule has 166 valence electrons. The van der Waals surface area contributed by atoms with Crippen LogP contribution in [-0.4, -0.2) is 5.79 Å². The Kier molecular flexibility index (Phi) is 5.44. The summed E-state index contributed by atoms with van der Waals surface area (Å²) in [6.07, 6.45) is 0. The van der Waals surface area contributed by atoms with Crippen LogP contribution in [-0.2, 0) is 4.57 Å². The van der Waals surface area contributed by atoms with Gasteiger partial charge in [0.2, 0.25) is 11.5 Å². The highest BCUT2D eigenvalue weighted by Gasteiger charge is 2.41. The molecule has 0 N–H and O–H groups in total. The fourth-order valence-electron chi connectivity index (χ4n) is 3.90. The van der Waals surface area contributed by atoms with Crippen LogP contribution < -0.4 is 30.1 Å². The number of hydrogen-bond acceptors (Lipinski definition) is 4. The average molecular weight is 477 g/mol. The van der Waals surface area contributed by atoms with Gasteiger partial charge in [0, 0.05) is 29.8 Å². The fourth-order valence-corrected chi connectivity index (χ4v) is 7.16. The van der Waals surface area contributed by atoms with Crippen LogP contribution in [0, 0.1) is 0 Å². The van der Waals surface area contributed by atoms with Gasteiger partial charge in [-0.05, 0) is 18.2 Å². The average Bonchev–Trinajstić information content (AvgIpc) is 3.18. The summed E-state index contributed by atoms with van der Waals surface area (Å²) >= 11 is 6.91. The third kappa shape index (κ3) is 3.90. The van der Waals surface area contributed by atoms with E-state index in [4.69, 9.17) is 25.8 Å². The van der Waals surface area contributed by atoms with Gasteiger partial charge in [-0.15, -0.1) is 0 Å². The Morgan fingerprint density at radius 3 is 1.79 bits per heavy atom. The number of ether oxygens (including phenoxy) is 3. The predicted molar refractivity (Wildman–Crippen MR) is 133 cm³/mol. The van der Waals surface area contributed by atoms with Crippen molar-refractivity contribution in [2.45, 2.75) is 19.6 Å². The molecular formula is C27H22ClO4P. The molecule has 0 saturated carbocycles. The summed E-state index contributed by atoms with van der Waals surface area (Å²) in [6, 6.07) is 29.8. The maximum absolute atomic E-state index is 15.0. The minimum Gasteiger partial charge on any atom is -0.453 e. The van der Waals surface area contributed by atoms with Crippen molar-refractivity contribution in [2.75, 3.05) is 0 Å². The van der Waals surface area contributed by atoms with Crippen LogP contribution in [0.1, 0.15) is 13.8 Å². The molecule has 1 aliphatic heterocycles. The Morgan fingerprint density at radius 2 is 1.24 bits per heavy atom. The lowest BCUT2D eigenvalue weighted by atomic mass is 10.3. The lowest BCUT2D eigenvalue weighted by Gasteiger charge is -2.22. The third-order valence-corrected chi connectivity index (χ3v) is 8.96. The molecule has 0 unspecified atom stereocenters. The highest BCUT2D eigenvalue weighted by molar-refractivity contribution is 7.85. The molecule has 4 nitrogen and oxygen atoms in total. The summed E-state index contributed by atoms with van der Waals surface area (Å²) < 4.78 is 33.3. The van der Waals surface area contributed by atoms with Crippen LogP contribution in [0.2, 0.25) is 5.02 Å². The minimum atomic E-state index is -3.37. The van der Waals surface area contributed by atoms with Gasteiger partial charge in [-0.3, -0.25) is 0 Å². The molecule has 0 bridgehead atoms. The van der Waals surface area contributed by atoms with E-state index in [2.05, 4.69) is 0 Å². The van der Waals surface area contributed by atoms with E-state index in [0.717, 1.165) is 0 Å². The van der Waals surface area contributed by atoms with Crippen LogP contribution in [0.5, 0.6) is 23.0 Å². The molecule has 5 rings (SSSR count). The Labute approximate surface area is 198 Å².